The van der Waals surface area contributed by atoms with E-state index in [-0.39, 0.29) is 134 Å². The predicted molar refractivity (Wildman–Crippen MR) is 293 cm³/mol. The minimum absolute atomic E-state index is 0.0112. The highest BCUT2D eigenvalue weighted by atomic mass is 16.6. The Hall–Kier alpha value is -8.94. The van der Waals surface area contributed by atoms with Crippen molar-refractivity contribution in [2.75, 3.05) is 39.6 Å². The summed E-state index contributed by atoms with van der Waals surface area (Å²) < 4.78 is 54.1. The molecule has 20 nitrogen and oxygen atoms in total. The van der Waals surface area contributed by atoms with E-state index in [4.69, 9.17) is 47.4 Å². The van der Waals surface area contributed by atoms with Crippen molar-refractivity contribution in [1.29, 1.82) is 0 Å². The van der Waals surface area contributed by atoms with Gasteiger partial charge in [0.2, 0.25) is 0 Å². The van der Waals surface area contributed by atoms with Crippen molar-refractivity contribution in [3.63, 3.8) is 0 Å². The van der Waals surface area contributed by atoms with Crippen molar-refractivity contribution < 1.29 is 95.3 Å². The Morgan fingerprint density at radius 2 is 0.744 bits per heavy atom. The van der Waals surface area contributed by atoms with Crippen LogP contribution < -0.4 is 18.9 Å². The molecule has 1 saturated carbocycles. The fourth-order valence-electron chi connectivity index (χ4n) is 7.60. The van der Waals surface area contributed by atoms with Gasteiger partial charge >= 0.3 is 59.7 Å². The summed E-state index contributed by atoms with van der Waals surface area (Å²) in [4.78, 5) is 128. The lowest BCUT2D eigenvalue weighted by molar-refractivity contribution is -0.145. The van der Waals surface area contributed by atoms with Crippen molar-refractivity contribution in [2.45, 2.75) is 91.9 Å². The summed E-state index contributed by atoms with van der Waals surface area (Å²) in [5.74, 6) is -8.76. The van der Waals surface area contributed by atoms with Gasteiger partial charge in [0, 0.05) is 12.2 Å². The van der Waals surface area contributed by atoms with Crippen molar-refractivity contribution in [3.05, 3.63) is 144 Å². The van der Waals surface area contributed by atoms with Crippen LogP contribution in [-0.4, -0.2) is 99.3 Å². The normalized spacial score (nSPS) is 14.2. The molecular weight excluding hydrogens is 1060 g/mol. The van der Waals surface area contributed by atoms with E-state index in [1.54, 1.807) is 0 Å². The minimum Gasteiger partial charge on any atom is -0.463 e. The molecule has 5 rings (SSSR count). The first-order valence-electron chi connectivity index (χ1n) is 27.1. The average molecular weight is 1130 g/mol. The van der Waals surface area contributed by atoms with Crippen LogP contribution in [0.3, 0.4) is 0 Å². The number of carbonyl (C=O) groups is 10. The lowest BCUT2D eigenvalue weighted by Gasteiger charge is -2.26. The van der Waals surface area contributed by atoms with Gasteiger partial charge in [-0.3, -0.25) is 9.59 Å². The number of rotatable bonds is 30. The number of unbranched alkanes of at least 4 members (excludes halogenated alkanes) is 2. The molecule has 1 aliphatic carbocycles. The molecule has 0 radical (unpaired) electrons. The number of esters is 10. The summed E-state index contributed by atoms with van der Waals surface area (Å²) in [7, 11) is 0. The van der Waals surface area contributed by atoms with Crippen LogP contribution in [-0.2, 0) is 47.6 Å². The van der Waals surface area contributed by atoms with Crippen LogP contribution in [0, 0.1) is 23.7 Å². The monoisotopic (exact) mass is 1130 g/mol. The first-order valence-corrected chi connectivity index (χ1v) is 27.1. The van der Waals surface area contributed by atoms with E-state index < -0.39 is 71.5 Å². The molecule has 2 atom stereocenters. The second-order valence-corrected chi connectivity index (χ2v) is 19.3. The van der Waals surface area contributed by atoms with Crippen molar-refractivity contribution in [1.82, 2.24) is 0 Å². The Morgan fingerprint density at radius 3 is 1.06 bits per heavy atom. The third kappa shape index (κ3) is 20.3. The van der Waals surface area contributed by atoms with E-state index in [9.17, 15) is 47.9 Å². The Kier molecular flexibility index (Phi) is 25.7. The highest BCUT2D eigenvalue weighted by Gasteiger charge is 2.34. The van der Waals surface area contributed by atoms with Gasteiger partial charge < -0.3 is 47.4 Å². The molecule has 0 amide bonds. The van der Waals surface area contributed by atoms with E-state index in [2.05, 4.69) is 13.2 Å². The van der Waals surface area contributed by atoms with Crippen molar-refractivity contribution >= 4 is 59.7 Å². The van der Waals surface area contributed by atoms with Crippen LogP contribution in [0.25, 0.3) is 0 Å². The molecule has 2 unspecified atom stereocenters. The molecule has 0 saturated heterocycles. The van der Waals surface area contributed by atoms with E-state index >= 15 is 0 Å². The number of benzene rings is 4. The standard InChI is InChI=1S/C62H68O20/c1-7-39(5)37-77-61(71)49-35-47(79-57(67)43-19-15-41(16-20-43)55(65)75-33-13-11-31-73-53(63)9-3)27-29-51(49)81-59(69)45-23-25-46(26-24-45)60(70)82-52-30-28-48(36-50(52)62(72)78-38-40(6)8-2)80-58(68)44-21-17-42(18-22-44)56(66)76-34-14-12-32-74-54(64)10-4/h9-10,15-22,27-30,35-36,39-40,45-46H,3-4,7-8,11-14,23-26,31-34,37-38H2,1-2,5-6H3. The van der Waals surface area contributed by atoms with Crippen LogP contribution in [0.4, 0.5) is 0 Å². The molecule has 82 heavy (non-hydrogen) atoms. The number of hydrogen-bond acceptors (Lipinski definition) is 20. The van der Waals surface area contributed by atoms with Gasteiger partial charge in [-0.25, -0.2) is 38.4 Å². The van der Waals surface area contributed by atoms with Gasteiger partial charge in [0.15, 0.2) is 0 Å². The second-order valence-electron chi connectivity index (χ2n) is 19.3. The van der Waals surface area contributed by atoms with E-state index in [0.29, 0.717) is 38.5 Å². The van der Waals surface area contributed by atoms with Gasteiger partial charge in [-0.2, -0.15) is 0 Å². The van der Waals surface area contributed by atoms with E-state index in [0.717, 1.165) is 12.2 Å². The van der Waals surface area contributed by atoms with Crippen molar-refractivity contribution in [2.24, 2.45) is 23.7 Å². The van der Waals surface area contributed by atoms with Gasteiger partial charge in [0.25, 0.3) is 0 Å². The van der Waals surface area contributed by atoms with Crippen LogP contribution in [0.15, 0.2) is 110 Å². The SMILES string of the molecule is C=CC(=O)OCCCCOC(=O)c1ccc(C(=O)Oc2ccc(OC(=O)C3CCC(C(=O)Oc4ccc(OC(=O)c5ccc(C(=O)OCCCCOC(=O)C=C)cc5)cc4C(=O)OCC(C)CC)CC3)c(C(=O)OCC(C)CC)c2)cc1. The summed E-state index contributed by atoms with van der Waals surface area (Å²) in [5.41, 5.74) is 0.152. The predicted octanol–water partition coefficient (Wildman–Crippen LogP) is 10.2. The Bertz CT molecular complexity index is 2720. The average Bonchev–Trinajstić information content (AvgIpc) is 3.59. The van der Waals surface area contributed by atoms with Gasteiger partial charge in [-0.15, -0.1) is 0 Å². The molecule has 0 spiro atoms. The Labute approximate surface area is 475 Å². The maximum absolute atomic E-state index is 13.7. The van der Waals surface area contributed by atoms with Crippen molar-refractivity contribution in [3.8, 4) is 23.0 Å². The molecule has 436 valence electrons. The van der Waals surface area contributed by atoms with Gasteiger partial charge in [0.1, 0.15) is 34.1 Å². The molecule has 0 aromatic heterocycles. The Balaban J connectivity index is 1.18. The molecule has 4 aromatic rings. The van der Waals surface area contributed by atoms with Gasteiger partial charge in [-0.1, -0.05) is 53.7 Å². The van der Waals surface area contributed by atoms with E-state index in [1.807, 2.05) is 27.7 Å². The lowest BCUT2D eigenvalue weighted by Crippen LogP contribution is -2.31. The number of ether oxygens (including phenoxy) is 10. The first kappa shape index (κ1) is 63.9. The third-order valence-electron chi connectivity index (χ3n) is 13.0. The fraction of sp³-hybridized carbons (Fsp3) is 0.387. The fourth-order valence-corrected chi connectivity index (χ4v) is 7.60. The lowest BCUT2D eigenvalue weighted by atomic mass is 9.82. The van der Waals surface area contributed by atoms with Crippen LogP contribution in [0.5, 0.6) is 23.0 Å². The summed E-state index contributed by atoms with van der Waals surface area (Å²) in [6, 6.07) is 18.8. The smallest absolute Gasteiger partial charge is 0.343 e. The van der Waals surface area contributed by atoms with Crippen LogP contribution in [0.2, 0.25) is 0 Å². The van der Waals surface area contributed by atoms with Gasteiger partial charge in [-0.05, 0) is 148 Å². The molecule has 0 heterocycles. The summed E-state index contributed by atoms with van der Waals surface area (Å²) in [6.07, 6.45) is 6.19. The number of hydrogen-bond donors (Lipinski definition) is 0. The molecule has 20 heteroatoms. The Morgan fingerprint density at radius 1 is 0.427 bits per heavy atom. The molecule has 4 aromatic carbocycles. The summed E-state index contributed by atoms with van der Waals surface area (Å²) in [6.45, 7) is 14.9. The van der Waals surface area contributed by atoms with Crippen LogP contribution >= 0.6 is 0 Å². The topological polar surface area (TPSA) is 263 Å². The zero-order valence-electron chi connectivity index (χ0n) is 46.4. The minimum atomic E-state index is -0.829. The second kappa shape index (κ2) is 33.0. The highest BCUT2D eigenvalue weighted by molar-refractivity contribution is 5.98. The third-order valence-corrected chi connectivity index (χ3v) is 13.0. The van der Waals surface area contributed by atoms with Crippen LogP contribution in [0.1, 0.15) is 154 Å². The molecule has 0 aliphatic heterocycles. The van der Waals surface area contributed by atoms with Gasteiger partial charge in [0.05, 0.1) is 73.7 Å². The molecule has 0 N–H and O–H groups in total. The summed E-state index contributed by atoms with van der Waals surface area (Å²) >= 11 is 0. The number of carbonyl (C=O) groups excluding carboxylic acids is 10. The summed E-state index contributed by atoms with van der Waals surface area (Å²) in [5, 5.41) is 0. The molecular formula is C62H68O20. The van der Waals surface area contributed by atoms with E-state index in [1.165, 1.54) is 84.9 Å². The molecule has 1 aliphatic rings. The first-order chi connectivity index (χ1) is 39.4. The quantitative estimate of drug-likeness (QED) is 0.0154. The zero-order chi connectivity index (χ0) is 59.6. The zero-order valence-corrected chi connectivity index (χ0v) is 46.4. The largest absolute Gasteiger partial charge is 0.463 e. The maximum atomic E-state index is 13.7. The maximum Gasteiger partial charge on any atom is 0.343 e. The molecule has 0 bridgehead atoms. The molecule has 1 fully saturated rings. The highest BCUT2D eigenvalue weighted by Crippen LogP contribution is 2.35.